The van der Waals surface area contributed by atoms with Crippen molar-refractivity contribution in [3.63, 3.8) is 0 Å². The van der Waals surface area contributed by atoms with E-state index in [0.717, 1.165) is 15.8 Å². The smallest absolute Gasteiger partial charge is 0.252 e. The molecule has 6 nitrogen and oxygen atoms in total. The van der Waals surface area contributed by atoms with E-state index in [9.17, 15) is 13.2 Å². The summed E-state index contributed by atoms with van der Waals surface area (Å²) in [5, 5.41) is 0.501. The maximum Gasteiger partial charge on any atom is 0.252 e. The van der Waals surface area contributed by atoms with Gasteiger partial charge in [0.2, 0.25) is 0 Å². The largest absolute Gasteiger partial charge is 0.380 e. The average molecular weight is 493 g/mol. The molecule has 0 atom stereocenters. The molecule has 3 aromatic rings. The van der Waals surface area contributed by atoms with Gasteiger partial charge in [0.15, 0.2) is 14.6 Å². The van der Waals surface area contributed by atoms with Gasteiger partial charge in [0, 0.05) is 29.6 Å². The Bertz CT molecular complexity index is 1260. The van der Waals surface area contributed by atoms with Crippen molar-refractivity contribution in [2.45, 2.75) is 48.8 Å². The van der Waals surface area contributed by atoms with Crippen molar-refractivity contribution in [2.24, 2.45) is 4.99 Å². The van der Waals surface area contributed by atoms with E-state index in [1.807, 2.05) is 35.8 Å². The highest BCUT2D eigenvalue weighted by molar-refractivity contribution is 7.99. The number of fused-ring (bicyclic) bond motifs is 1. The topological polar surface area (TPSA) is 77.7 Å². The minimum atomic E-state index is -3.32. The van der Waals surface area contributed by atoms with Gasteiger partial charge in [-0.05, 0) is 42.8 Å². The zero-order valence-corrected chi connectivity index (χ0v) is 21.1. The van der Waals surface area contributed by atoms with E-state index in [-0.39, 0.29) is 17.2 Å². The first-order valence-electron chi connectivity index (χ1n) is 10.4. The van der Waals surface area contributed by atoms with Gasteiger partial charge in [0.1, 0.15) is 0 Å². The number of thioether (sulfide) groups is 1. The van der Waals surface area contributed by atoms with Crippen molar-refractivity contribution in [3.8, 4) is 0 Å². The molecule has 172 valence electrons. The molecule has 0 N–H and O–H groups in total. The Morgan fingerprint density at radius 3 is 2.53 bits per heavy atom. The lowest BCUT2D eigenvalue weighted by Crippen LogP contribution is -2.20. The number of nitrogens with zero attached hydrogens (tertiary/aromatic N) is 2. The first-order valence-corrected chi connectivity index (χ1v) is 14.0. The predicted molar refractivity (Wildman–Crippen MR) is 131 cm³/mol. The van der Waals surface area contributed by atoms with Crippen LogP contribution in [0, 0.1) is 0 Å². The first-order chi connectivity index (χ1) is 15.2. The second-order valence-corrected chi connectivity index (χ2v) is 12.3. The van der Waals surface area contributed by atoms with Crippen LogP contribution in [0.15, 0.2) is 57.2 Å². The predicted octanol–water partition coefficient (Wildman–Crippen LogP) is 4.31. The van der Waals surface area contributed by atoms with Crippen LogP contribution in [0.3, 0.4) is 0 Å². The third-order valence-electron chi connectivity index (χ3n) is 4.62. The average Bonchev–Trinajstić information content (AvgIpc) is 3.05. The number of ether oxygens (including phenoxy) is 1. The van der Waals surface area contributed by atoms with Crippen molar-refractivity contribution < 1.29 is 17.9 Å². The summed E-state index contributed by atoms with van der Waals surface area (Å²) in [4.78, 5) is 19.1. The zero-order chi connectivity index (χ0) is 23.3. The summed E-state index contributed by atoms with van der Waals surface area (Å²) in [6, 6.07) is 13.0. The van der Waals surface area contributed by atoms with Crippen LogP contribution in [-0.2, 0) is 32.3 Å². The van der Waals surface area contributed by atoms with Crippen LogP contribution in [0.5, 0.6) is 0 Å². The molecule has 0 aliphatic carbocycles. The van der Waals surface area contributed by atoms with E-state index in [0.29, 0.717) is 29.8 Å². The van der Waals surface area contributed by atoms with Gasteiger partial charge in [-0.2, -0.15) is 4.99 Å². The fourth-order valence-electron chi connectivity index (χ4n) is 3.16. The second-order valence-electron chi connectivity index (χ2n) is 7.63. The van der Waals surface area contributed by atoms with E-state index in [1.165, 1.54) is 22.5 Å². The van der Waals surface area contributed by atoms with Gasteiger partial charge in [0.05, 0.1) is 28.1 Å². The summed E-state index contributed by atoms with van der Waals surface area (Å²) in [6.45, 7) is 7.81. The van der Waals surface area contributed by atoms with E-state index >= 15 is 0 Å². The molecule has 0 aliphatic rings. The molecule has 0 unspecified atom stereocenters. The number of hydrogen-bond donors (Lipinski definition) is 0. The highest BCUT2D eigenvalue weighted by atomic mass is 32.2. The number of hydrogen-bond acceptors (Lipinski definition) is 6. The van der Waals surface area contributed by atoms with E-state index in [1.54, 1.807) is 30.0 Å². The third kappa shape index (κ3) is 6.54. The second kappa shape index (κ2) is 10.8. The summed E-state index contributed by atoms with van der Waals surface area (Å²) in [7, 11) is -3.32. The van der Waals surface area contributed by atoms with Gasteiger partial charge in [-0.25, -0.2) is 8.42 Å². The SMILES string of the molecule is CCOCCn1c(=NC(=O)Cc2ccc(SC(C)C)cc2)sc2cc(S(C)(=O)=O)ccc21. The molecular formula is C23H28N2O4S3. The Morgan fingerprint density at radius 2 is 1.91 bits per heavy atom. The fourth-order valence-corrected chi connectivity index (χ4v) is 5.84. The van der Waals surface area contributed by atoms with Crippen LogP contribution >= 0.6 is 23.1 Å². The lowest BCUT2D eigenvalue weighted by atomic mass is 10.1. The molecule has 0 fully saturated rings. The molecule has 0 radical (unpaired) electrons. The van der Waals surface area contributed by atoms with Crippen LogP contribution in [-0.4, -0.2) is 43.6 Å². The van der Waals surface area contributed by atoms with Gasteiger partial charge in [-0.15, -0.1) is 11.8 Å². The minimum Gasteiger partial charge on any atom is -0.380 e. The van der Waals surface area contributed by atoms with Crippen molar-refractivity contribution in [2.75, 3.05) is 19.5 Å². The fraction of sp³-hybridized carbons (Fsp3) is 0.391. The van der Waals surface area contributed by atoms with E-state index in [4.69, 9.17) is 4.74 Å². The highest BCUT2D eigenvalue weighted by Gasteiger charge is 2.13. The van der Waals surface area contributed by atoms with Crippen molar-refractivity contribution in [3.05, 3.63) is 52.8 Å². The van der Waals surface area contributed by atoms with Gasteiger partial charge in [0.25, 0.3) is 5.91 Å². The van der Waals surface area contributed by atoms with Crippen molar-refractivity contribution >= 4 is 49.1 Å². The quantitative estimate of drug-likeness (QED) is 0.329. The summed E-state index contributed by atoms with van der Waals surface area (Å²) >= 11 is 3.09. The van der Waals surface area contributed by atoms with Gasteiger partial charge in [-0.1, -0.05) is 37.3 Å². The minimum absolute atomic E-state index is 0.209. The number of carbonyl (C=O) groups is 1. The molecule has 0 saturated heterocycles. The standard InChI is InChI=1S/C23H28N2O4S3/c1-5-29-13-12-25-20-11-10-19(32(4,27)28)15-21(20)31-23(25)24-22(26)14-17-6-8-18(9-7-17)30-16(2)3/h6-11,15-16H,5,12-14H2,1-4H3. The number of carbonyl (C=O) groups excluding carboxylic acids is 1. The van der Waals surface area contributed by atoms with Crippen LogP contribution < -0.4 is 4.80 Å². The molecule has 1 heterocycles. The van der Waals surface area contributed by atoms with Gasteiger partial charge < -0.3 is 9.30 Å². The van der Waals surface area contributed by atoms with E-state index in [2.05, 4.69) is 18.8 Å². The number of benzene rings is 2. The Hall–Kier alpha value is -1.94. The first kappa shape index (κ1) is 24.7. The number of sulfone groups is 1. The number of aromatic nitrogens is 1. The number of amides is 1. The molecule has 0 saturated carbocycles. The number of thiazole rings is 1. The lowest BCUT2D eigenvalue weighted by Gasteiger charge is -2.06. The summed E-state index contributed by atoms with van der Waals surface area (Å²) in [5.41, 5.74) is 1.75. The molecule has 9 heteroatoms. The molecule has 0 bridgehead atoms. The maximum atomic E-state index is 12.7. The molecule has 3 rings (SSSR count). The van der Waals surface area contributed by atoms with Crippen molar-refractivity contribution in [1.29, 1.82) is 0 Å². The summed E-state index contributed by atoms with van der Waals surface area (Å²) in [6.07, 6.45) is 1.39. The molecular weight excluding hydrogens is 464 g/mol. The van der Waals surface area contributed by atoms with Crippen LogP contribution in [0.2, 0.25) is 0 Å². The molecule has 1 aromatic heterocycles. The highest BCUT2D eigenvalue weighted by Crippen LogP contribution is 2.24. The van der Waals surface area contributed by atoms with Crippen LogP contribution in [0.25, 0.3) is 10.2 Å². The molecule has 0 spiro atoms. The Balaban J connectivity index is 1.92. The van der Waals surface area contributed by atoms with E-state index < -0.39 is 9.84 Å². The summed E-state index contributed by atoms with van der Waals surface area (Å²) in [5.74, 6) is -0.241. The molecule has 1 amide bonds. The van der Waals surface area contributed by atoms with Crippen LogP contribution in [0.4, 0.5) is 0 Å². The third-order valence-corrected chi connectivity index (χ3v) is 7.78. The number of rotatable bonds is 9. The van der Waals surface area contributed by atoms with Crippen molar-refractivity contribution in [1.82, 2.24) is 4.57 Å². The normalized spacial score (nSPS) is 12.7. The van der Waals surface area contributed by atoms with Gasteiger partial charge in [-0.3, -0.25) is 4.79 Å². The maximum absolute atomic E-state index is 12.7. The monoisotopic (exact) mass is 492 g/mol. The Kier molecular flexibility index (Phi) is 8.32. The van der Waals surface area contributed by atoms with Crippen LogP contribution in [0.1, 0.15) is 26.3 Å². The Labute approximate surface area is 197 Å². The summed E-state index contributed by atoms with van der Waals surface area (Å²) < 4.78 is 32.1. The van der Waals surface area contributed by atoms with Gasteiger partial charge >= 0.3 is 0 Å². The zero-order valence-electron chi connectivity index (χ0n) is 18.7. The molecule has 32 heavy (non-hydrogen) atoms. The lowest BCUT2D eigenvalue weighted by molar-refractivity contribution is -0.117. The molecule has 0 aliphatic heterocycles. The molecule has 2 aromatic carbocycles. The Morgan fingerprint density at radius 1 is 1.19 bits per heavy atom.